The molecule has 0 radical (unpaired) electrons. The molecule has 1 aliphatic carbocycles. The summed E-state index contributed by atoms with van der Waals surface area (Å²) in [5.41, 5.74) is 13.6. The molecule has 2 saturated heterocycles. The Kier molecular flexibility index (Phi) is 36.9. The fourth-order valence-corrected chi connectivity index (χ4v) is 3.48. The van der Waals surface area contributed by atoms with Gasteiger partial charge >= 0.3 is 0 Å². The number of aromatic nitrogens is 1. The molecule has 14 nitrogen and oxygen atoms in total. The lowest BCUT2D eigenvalue weighted by Crippen LogP contribution is -2.45. The van der Waals surface area contributed by atoms with E-state index in [2.05, 4.69) is 80.2 Å². The third-order valence-corrected chi connectivity index (χ3v) is 7.98. The number of ketones is 1. The highest BCUT2D eigenvalue weighted by Gasteiger charge is 2.27. The Morgan fingerprint density at radius 1 is 1.12 bits per heavy atom. The second-order valence-corrected chi connectivity index (χ2v) is 12.5. The molecule has 3 aliphatic rings. The number of hydrogen-bond donors (Lipinski definition) is 6. The van der Waals surface area contributed by atoms with E-state index in [4.69, 9.17) is 30.3 Å². The van der Waals surface area contributed by atoms with Gasteiger partial charge in [-0.05, 0) is 93.5 Å². The van der Waals surface area contributed by atoms with Gasteiger partial charge in [-0.15, -0.1) is 0 Å². The number of carbonyl (C=O) groups is 1. The molecule has 0 aromatic carbocycles. The summed E-state index contributed by atoms with van der Waals surface area (Å²) in [6.45, 7) is 26.1. The standard InChI is InChI=1S/C7H13N3O2.C7H15NO.2C6H13NO.C4H9N.C3H10N2.2CH4/c1-3-8-9-5-11-7-4-6(2)12-10-7;1-6-7(2)9-5-4-8(6)3;1-5-6(2)8-4-3-7-5;1-5(6(2)8)7(3)4;1-3-2-4(3)5;1-2-3-5-4;;/h4,8-9H,3,5H2,1-2H3;6-7H,4-5H2,1-3H3;5-7H,3-4H2,1-2H3;5H,1-4H3;3-4H,2,5H2,1H3;5H,2-4H2,1H3;2*1H4. The van der Waals surface area contributed by atoms with Gasteiger partial charge in [-0.25, -0.2) is 5.43 Å². The van der Waals surface area contributed by atoms with Crippen LogP contribution in [0.25, 0.3) is 0 Å². The van der Waals surface area contributed by atoms with Gasteiger partial charge in [0, 0.05) is 50.4 Å². The fraction of sp³-hybridized carbons (Fsp3) is 0.886. The summed E-state index contributed by atoms with van der Waals surface area (Å²) in [4.78, 5) is 14.8. The Balaban J connectivity index is -0.000000252. The van der Waals surface area contributed by atoms with Crippen LogP contribution in [0.15, 0.2) is 10.6 Å². The van der Waals surface area contributed by atoms with Crippen molar-refractivity contribution < 1.29 is 23.5 Å². The number of morpholine rings is 2. The van der Waals surface area contributed by atoms with E-state index in [9.17, 15) is 4.79 Å². The van der Waals surface area contributed by atoms with Crippen LogP contribution in [0.1, 0.15) is 95.8 Å². The van der Waals surface area contributed by atoms with Crippen LogP contribution in [0.4, 0.5) is 0 Å². The average Bonchev–Trinajstić information content (AvgIpc) is 3.50. The highest BCUT2D eigenvalue weighted by molar-refractivity contribution is 5.80. The lowest BCUT2D eigenvalue weighted by molar-refractivity contribution is -0.120. The first-order chi connectivity index (χ1) is 22.1. The van der Waals surface area contributed by atoms with Crippen molar-refractivity contribution in [1.29, 1.82) is 0 Å². The van der Waals surface area contributed by atoms with E-state index in [0.717, 1.165) is 57.5 Å². The van der Waals surface area contributed by atoms with Gasteiger partial charge in [-0.3, -0.25) is 31.3 Å². The first kappa shape index (κ1) is 54.1. The number of aryl methyl sites for hydroxylation is 1. The third kappa shape index (κ3) is 30.8. The van der Waals surface area contributed by atoms with E-state index in [-0.39, 0.29) is 26.7 Å². The largest absolute Gasteiger partial charge is 0.458 e. The molecule has 4 rings (SSSR count). The van der Waals surface area contributed by atoms with Gasteiger partial charge in [0.15, 0.2) is 6.73 Å². The molecule has 2 aliphatic heterocycles. The SMILES string of the molecule is C.C.CC(=O)C(C)N(C)C.CC1CC1N.CC1NCCOC1C.CC1OCCN(C)C1C.CCCNN.CCNNCOc1cc(C)on1. The summed E-state index contributed by atoms with van der Waals surface area (Å²) >= 11 is 0. The van der Waals surface area contributed by atoms with Crippen molar-refractivity contribution in [2.24, 2.45) is 17.5 Å². The summed E-state index contributed by atoms with van der Waals surface area (Å²) in [5.74, 6) is 7.18. The van der Waals surface area contributed by atoms with E-state index in [1.54, 1.807) is 13.0 Å². The van der Waals surface area contributed by atoms with Crippen molar-refractivity contribution in [2.45, 2.75) is 133 Å². The maximum atomic E-state index is 10.5. The van der Waals surface area contributed by atoms with Crippen LogP contribution < -0.4 is 37.9 Å². The first-order valence-electron chi connectivity index (χ1n) is 17.2. The number of hydrazine groups is 2. The molecule has 7 atom stereocenters. The topological polar surface area (TPSA) is 177 Å². The van der Waals surface area contributed by atoms with Crippen LogP contribution >= 0.6 is 0 Å². The van der Waals surface area contributed by atoms with Crippen LogP contribution in [0.3, 0.4) is 0 Å². The average molecular weight is 708 g/mol. The predicted octanol–water partition coefficient (Wildman–Crippen LogP) is 3.55. The van der Waals surface area contributed by atoms with Gasteiger partial charge in [0.05, 0.1) is 31.5 Å². The van der Waals surface area contributed by atoms with E-state index < -0.39 is 0 Å². The molecule has 3 heterocycles. The molecule has 296 valence electrons. The molecule has 0 amide bonds. The van der Waals surface area contributed by atoms with Crippen LogP contribution in [0.2, 0.25) is 0 Å². The number of hydrogen-bond acceptors (Lipinski definition) is 14. The van der Waals surface area contributed by atoms with E-state index in [0.29, 0.717) is 42.9 Å². The number of nitrogens with two attached hydrogens (primary N) is 2. The van der Waals surface area contributed by atoms with Crippen molar-refractivity contribution in [3.63, 3.8) is 0 Å². The van der Waals surface area contributed by atoms with E-state index in [1.807, 2.05) is 39.8 Å². The molecule has 0 spiro atoms. The zero-order valence-electron chi connectivity index (χ0n) is 32.0. The molecule has 1 aromatic rings. The number of ether oxygens (including phenoxy) is 3. The Morgan fingerprint density at radius 2 is 1.69 bits per heavy atom. The van der Waals surface area contributed by atoms with Gasteiger partial charge < -0.3 is 29.8 Å². The number of Topliss-reactive ketones (excluding diaryl/α,β-unsaturated/α-hetero) is 1. The molecule has 1 aromatic heterocycles. The highest BCUT2D eigenvalue weighted by atomic mass is 16.5. The van der Waals surface area contributed by atoms with E-state index >= 15 is 0 Å². The molecule has 14 heteroatoms. The Morgan fingerprint density at radius 3 is 1.98 bits per heavy atom. The van der Waals surface area contributed by atoms with Crippen molar-refractivity contribution in [3.8, 4) is 5.88 Å². The van der Waals surface area contributed by atoms with Crippen LogP contribution in [-0.4, -0.2) is 124 Å². The second-order valence-electron chi connectivity index (χ2n) is 12.5. The number of nitrogens with one attached hydrogen (secondary N) is 4. The van der Waals surface area contributed by atoms with Crippen LogP contribution in [-0.2, 0) is 14.3 Å². The number of likely N-dealkylation sites (N-methyl/N-ethyl adjacent to an activating group) is 2. The fourth-order valence-electron chi connectivity index (χ4n) is 3.48. The minimum absolute atomic E-state index is 0. The molecule has 8 N–H and O–H groups in total. The lowest BCUT2D eigenvalue weighted by atomic mass is 10.1. The lowest BCUT2D eigenvalue weighted by Gasteiger charge is -2.34. The van der Waals surface area contributed by atoms with Crippen molar-refractivity contribution in [2.75, 3.05) is 67.3 Å². The van der Waals surface area contributed by atoms with Gasteiger partial charge in [0.1, 0.15) is 11.5 Å². The van der Waals surface area contributed by atoms with Crippen molar-refractivity contribution >= 4 is 5.78 Å². The molecule has 49 heavy (non-hydrogen) atoms. The smallest absolute Gasteiger partial charge is 0.255 e. The highest BCUT2D eigenvalue weighted by Crippen LogP contribution is 2.25. The predicted molar refractivity (Wildman–Crippen MR) is 205 cm³/mol. The van der Waals surface area contributed by atoms with Gasteiger partial charge in [-0.2, -0.15) is 0 Å². The zero-order chi connectivity index (χ0) is 36.4. The van der Waals surface area contributed by atoms with Crippen molar-refractivity contribution in [1.82, 2.24) is 36.6 Å². The number of rotatable bonds is 9. The third-order valence-electron chi connectivity index (χ3n) is 7.98. The molecule has 0 bridgehead atoms. The molecular formula is C35H81N9O5. The zero-order valence-corrected chi connectivity index (χ0v) is 32.0. The van der Waals surface area contributed by atoms with Gasteiger partial charge in [0.2, 0.25) is 0 Å². The normalized spacial score (nSPS) is 24.3. The molecular weight excluding hydrogens is 626 g/mol. The Bertz CT molecular complexity index is 837. The Hall–Kier alpha value is -1.72. The van der Waals surface area contributed by atoms with E-state index in [1.165, 1.54) is 6.42 Å². The number of carbonyl (C=O) groups excluding carboxylic acids is 1. The molecule has 7 unspecified atom stereocenters. The molecule has 1 saturated carbocycles. The second kappa shape index (κ2) is 33.4. The van der Waals surface area contributed by atoms with Gasteiger partial charge in [-0.1, -0.05) is 35.6 Å². The van der Waals surface area contributed by atoms with Crippen LogP contribution in [0.5, 0.6) is 5.88 Å². The monoisotopic (exact) mass is 708 g/mol. The first-order valence-corrected chi connectivity index (χ1v) is 17.2. The van der Waals surface area contributed by atoms with Crippen molar-refractivity contribution in [3.05, 3.63) is 11.8 Å². The van der Waals surface area contributed by atoms with Gasteiger partial charge in [0.25, 0.3) is 5.88 Å². The quantitative estimate of drug-likeness (QED) is 0.0951. The summed E-state index contributed by atoms with van der Waals surface area (Å²) in [5, 5.41) is 6.96. The summed E-state index contributed by atoms with van der Waals surface area (Å²) in [6, 6.07) is 3.46. The van der Waals surface area contributed by atoms with Crippen LogP contribution in [0, 0.1) is 12.8 Å². The maximum absolute atomic E-state index is 10.5. The summed E-state index contributed by atoms with van der Waals surface area (Å²) < 4.78 is 20.7. The summed E-state index contributed by atoms with van der Waals surface area (Å²) in [7, 11) is 5.93. The number of nitrogens with zero attached hydrogens (tertiary/aromatic N) is 3. The maximum Gasteiger partial charge on any atom is 0.255 e. The summed E-state index contributed by atoms with van der Waals surface area (Å²) in [6.07, 6.45) is 3.16. The minimum atomic E-state index is 0. The minimum Gasteiger partial charge on any atom is -0.458 e. The molecule has 3 fully saturated rings. The Labute approximate surface area is 301 Å².